The Bertz CT molecular complexity index is 460. The molecule has 1 aromatic carbocycles. The molecule has 0 spiro atoms. The van der Waals surface area contributed by atoms with Crippen molar-refractivity contribution < 1.29 is 4.39 Å². The second kappa shape index (κ2) is 3.83. The number of benzene rings is 1. The molecule has 1 heterocycles. The molecule has 92 valence electrons. The molecule has 0 aliphatic carbocycles. The van der Waals surface area contributed by atoms with Gasteiger partial charge in [-0.05, 0) is 30.0 Å². The first-order valence-electron chi connectivity index (χ1n) is 5.94. The van der Waals surface area contributed by atoms with Gasteiger partial charge < -0.3 is 4.90 Å². The Morgan fingerprint density at radius 2 is 2.00 bits per heavy atom. The van der Waals surface area contributed by atoms with Gasteiger partial charge in [-0.3, -0.25) is 5.41 Å². The Labute approximate surface area is 102 Å². The summed E-state index contributed by atoms with van der Waals surface area (Å²) in [5.41, 5.74) is 1.89. The van der Waals surface area contributed by atoms with Crippen molar-refractivity contribution in [3.8, 4) is 0 Å². The second-order valence-electron chi connectivity index (χ2n) is 5.82. The standard InChI is InChI=1S/C14H19FN2/c1-9(14(2,3)4)17-8-10-5-6-11(15)7-12(10)13(17)16/h5-7,9,16H,8H2,1-4H3. The van der Waals surface area contributed by atoms with Crippen LogP contribution in [0.25, 0.3) is 0 Å². The van der Waals surface area contributed by atoms with Crippen LogP contribution in [0.2, 0.25) is 0 Å². The number of halogens is 1. The van der Waals surface area contributed by atoms with Gasteiger partial charge in [0.2, 0.25) is 0 Å². The highest BCUT2D eigenvalue weighted by atomic mass is 19.1. The van der Waals surface area contributed by atoms with Crippen molar-refractivity contribution in [2.75, 3.05) is 0 Å². The number of hydrogen-bond donors (Lipinski definition) is 1. The Kier molecular flexibility index (Phi) is 2.72. The van der Waals surface area contributed by atoms with Crippen molar-refractivity contribution in [2.24, 2.45) is 5.41 Å². The van der Waals surface area contributed by atoms with Gasteiger partial charge in [0.05, 0.1) is 0 Å². The maximum atomic E-state index is 13.2. The molecule has 1 aliphatic rings. The SMILES string of the molecule is CC(N1Cc2ccc(F)cc2C1=N)C(C)(C)C. The van der Waals surface area contributed by atoms with E-state index in [0.717, 1.165) is 11.1 Å². The summed E-state index contributed by atoms with van der Waals surface area (Å²) in [4.78, 5) is 2.05. The molecule has 1 N–H and O–H groups in total. The number of hydrogen-bond acceptors (Lipinski definition) is 1. The van der Waals surface area contributed by atoms with Gasteiger partial charge >= 0.3 is 0 Å². The van der Waals surface area contributed by atoms with Gasteiger partial charge in [0.15, 0.2) is 0 Å². The summed E-state index contributed by atoms with van der Waals surface area (Å²) in [6, 6.07) is 4.98. The average Bonchev–Trinajstić information content (AvgIpc) is 2.54. The van der Waals surface area contributed by atoms with Crippen molar-refractivity contribution >= 4 is 5.84 Å². The van der Waals surface area contributed by atoms with Crippen LogP contribution in [0.3, 0.4) is 0 Å². The van der Waals surface area contributed by atoms with Crippen LogP contribution >= 0.6 is 0 Å². The molecule has 2 rings (SSSR count). The van der Waals surface area contributed by atoms with Crippen molar-refractivity contribution in [2.45, 2.75) is 40.3 Å². The van der Waals surface area contributed by atoms with Gasteiger partial charge in [0.1, 0.15) is 11.7 Å². The minimum Gasteiger partial charge on any atom is -0.349 e. The Hall–Kier alpha value is -1.38. The van der Waals surface area contributed by atoms with E-state index in [1.807, 2.05) is 4.90 Å². The second-order valence-corrected chi connectivity index (χ2v) is 5.82. The zero-order chi connectivity index (χ0) is 12.8. The van der Waals surface area contributed by atoms with Gasteiger partial charge in [-0.2, -0.15) is 0 Å². The smallest absolute Gasteiger partial charge is 0.129 e. The molecule has 2 nitrogen and oxygen atoms in total. The van der Waals surface area contributed by atoms with Gasteiger partial charge in [-0.25, -0.2) is 4.39 Å². The predicted octanol–water partition coefficient (Wildman–Crippen LogP) is 3.40. The fourth-order valence-electron chi connectivity index (χ4n) is 2.12. The maximum absolute atomic E-state index is 13.2. The van der Waals surface area contributed by atoms with E-state index in [9.17, 15) is 4.39 Å². The lowest BCUT2D eigenvalue weighted by atomic mass is 9.87. The lowest BCUT2D eigenvalue weighted by molar-refractivity contribution is 0.183. The molecule has 1 unspecified atom stereocenters. The van der Waals surface area contributed by atoms with E-state index in [4.69, 9.17) is 5.41 Å². The van der Waals surface area contributed by atoms with Crippen LogP contribution in [0.4, 0.5) is 4.39 Å². The lowest BCUT2D eigenvalue weighted by Gasteiger charge is -2.36. The van der Waals surface area contributed by atoms with E-state index >= 15 is 0 Å². The van der Waals surface area contributed by atoms with Crippen molar-refractivity contribution in [1.82, 2.24) is 4.90 Å². The maximum Gasteiger partial charge on any atom is 0.129 e. The summed E-state index contributed by atoms with van der Waals surface area (Å²) in [5, 5.41) is 8.15. The van der Waals surface area contributed by atoms with Gasteiger partial charge in [-0.15, -0.1) is 0 Å². The fourth-order valence-corrected chi connectivity index (χ4v) is 2.12. The van der Waals surface area contributed by atoms with E-state index in [1.54, 1.807) is 6.07 Å². The van der Waals surface area contributed by atoms with Crippen LogP contribution in [0.1, 0.15) is 38.8 Å². The van der Waals surface area contributed by atoms with Crippen LogP contribution in [0.15, 0.2) is 18.2 Å². The van der Waals surface area contributed by atoms with E-state index in [0.29, 0.717) is 12.4 Å². The third kappa shape index (κ3) is 2.06. The summed E-state index contributed by atoms with van der Waals surface area (Å²) in [7, 11) is 0. The topological polar surface area (TPSA) is 27.1 Å². The Morgan fingerprint density at radius 1 is 1.35 bits per heavy atom. The monoisotopic (exact) mass is 234 g/mol. The Morgan fingerprint density at radius 3 is 2.59 bits per heavy atom. The largest absolute Gasteiger partial charge is 0.349 e. The normalized spacial score (nSPS) is 17.2. The lowest BCUT2D eigenvalue weighted by Crippen LogP contribution is -2.41. The number of nitrogens with one attached hydrogen (secondary N) is 1. The fraction of sp³-hybridized carbons (Fsp3) is 0.500. The quantitative estimate of drug-likeness (QED) is 0.792. The van der Waals surface area contributed by atoms with E-state index < -0.39 is 0 Å². The van der Waals surface area contributed by atoms with Crippen molar-refractivity contribution in [3.63, 3.8) is 0 Å². The molecule has 3 heteroatoms. The minimum absolute atomic E-state index is 0.104. The molecule has 0 aromatic heterocycles. The number of amidine groups is 1. The van der Waals surface area contributed by atoms with Gasteiger partial charge in [-0.1, -0.05) is 26.8 Å². The number of rotatable bonds is 1. The molecule has 0 bridgehead atoms. The van der Waals surface area contributed by atoms with E-state index in [2.05, 4.69) is 27.7 Å². The molecule has 1 aromatic rings. The molecule has 0 radical (unpaired) electrons. The average molecular weight is 234 g/mol. The molecule has 0 saturated heterocycles. The van der Waals surface area contributed by atoms with Crippen LogP contribution in [0, 0.1) is 16.6 Å². The third-order valence-corrected chi connectivity index (χ3v) is 3.68. The summed E-state index contributed by atoms with van der Waals surface area (Å²) in [6.45, 7) is 9.32. The number of nitrogens with zero attached hydrogens (tertiary/aromatic N) is 1. The first kappa shape index (κ1) is 12.1. The van der Waals surface area contributed by atoms with Crippen LogP contribution < -0.4 is 0 Å². The predicted molar refractivity (Wildman–Crippen MR) is 67.7 cm³/mol. The van der Waals surface area contributed by atoms with Crippen LogP contribution in [-0.4, -0.2) is 16.8 Å². The van der Waals surface area contributed by atoms with Crippen molar-refractivity contribution in [3.05, 3.63) is 35.1 Å². The zero-order valence-corrected chi connectivity index (χ0v) is 10.8. The first-order chi connectivity index (χ1) is 7.80. The molecule has 1 aliphatic heterocycles. The number of fused-ring (bicyclic) bond motifs is 1. The van der Waals surface area contributed by atoms with Crippen molar-refractivity contribution in [1.29, 1.82) is 5.41 Å². The van der Waals surface area contributed by atoms with Crippen LogP contribution in [0.5, 0.6) is 0 Å². The first-order valence-corrected chi connectivity index (χ1v) is 5.94. The molecule has 0 amide bonds. The van der Waals surface area contributed by atoms with Gasteiger partial charge in [0, 0.05) is 18.2 Å². The summed E-state index contributed by atoms with van der Waals surface area (Å²) in [5.74, 6) is 0.181. The van der Waals surface area contributed by atoms with Gasteiger partial charge in [0.25, 0.3) is 0 Å². The highest BCUT2D eigenvalue weighted by molar-refractivity contribution is 6.00. The molecular formula is C14H19FN2. The van der Waals surface area contributed by atoms with E-state index in [1.165, 1.54) is 12.1 Å². The third-order valence-electron chi connectivity index (χ3n) is 3.68. The summed E-state index contributed by atoms with van der Waals surface area (Å²) >= 11 is 0. The molecule has 0 saturated carbocycles. The molecular weight excluding hydrogens is 215 g/mol. The van der Waals surface area contributed by atoms with E-state index in [-0.39, 0.29) is 17.3 Å². The Balaban J connectivity index is 2.32. The summed E-state index contributed by atoms with van der Waals surface area (Å²) in [6.07, 6.45) is 0. The molecule has 1 atom stereocenters. The molecule has 0 fully saturated rings. The van der Waals surface area contributed by atoms with Crippen LogP contribution in [-0.2, 0) is 6.54 Å². The minimum atomic E-state index is -0.265. The summed E-state index contributed by atoms with van der Waals surface area (Å²) < 4.78 is 13.2. The highest BCUT2D eigenvalue weighted by Crippen LogP contribution is 2.31. The molecule has 17 heavy (non-hydrogen) atoms. The zero-order valence-electron chi connectivity index (χ0n) is 10.8. The highest BCUT2D eigenvalue weighted by Gasteiger charge is 2.33.